The lowest BCUT2D eigenvalue weighted by Crippen LogP contribution is -1.96. The van der Waals surface area contributed by atoms with Gasteiger partial charge in [0.1, 0.15) is 11.4 Å². The van der Waals surface area contributed by atoms with Crippen LogP contribution in [0.1, 0.15) is 11.5 Å². The largest absolute Gasteiger partial charge is 0.484 e. The number of rotatable bonds is 7. The minimum atomic E-state index is -0.396. The molecule has 0 fully saturated rings. The molecule has 5 heteroatoms. The molecule has 0 aliphatic heterocycles. The summed E-state index contributed by atoms with van der Waals surface area (Å²) < 4.78 is 16.5. The van der Waals surface area contributed by atoms with Crippen molar-refractivity contribution < 1.29 is 18.7 Å². The van der Waals surface area contributed by atoms with Gasteiger partial charge in [-0.15, -0.1) is 0 Å². The van der Waals surface area contributed by atoms with E-state index in [-0.39, 0.29) is 6.61 Å². The predicted molar refractivity (Wildman–Crippen MR) is 119 cm³/mol. The van der Waals surface area contributed by atoms with Crippen LogP contribution < -0.4 is 4.74 Å². The molecule has 0 aliphatic carbocycles. The molecule has 0 N–H and O–H groups in total. The second-order valence-electron chi connectivity index (χ2n) is 6.73. The standard InChI is InChI=1S/C26H21NO4/c1-29-24(28)17-14-19-12-15-22(16-13-19)30-18-23-27-25(20-8-4-2-5-9-20)26(31-23)21-10-6-3-7-11-21/h2-17H,18H2,1H3/b17-14+. The Hall–Kier alpha value is -4.12. The van der Waals surface area contributed by atoms with Crippen LogP contribution in [-0.2, 0) is 16.1 Å². The van der Waals surface area contributed by atoms with E-state index in [1.807, 2.05) is 84.9 Å². The average Bonchev–Trinajstić information content (AvgIpc) is 3.27. The number of hydrogen-bond acceptors (Lipinski definition) is 5. The molecule has 31 heavy (non-hydrogen) atoms. The molecule has 0 radical (unpaired) electrons. The van der Waals surface area contributed by atoms with Crippen molar-refractivity contribution >= 4 is 12.0 Å². The zero-order valence-corrected chi connectivity index (χ0v) is 17.0. The highest BCUT2D eigenvalue weighted by molar-refractivity contribution is 5.86. The first-order valence-corrected chi connectivity index (χ1v) is 9.82. The molecule has 0 atom stereocenters. The van der Waals surface area contributed by atoms with E-state index in [2.05, 4.69) is 4.74 Å². The van der Waals surface area contributed by atoms with Gasteiger partial charge >= 0.3 is 5.97 Å². The Kier molecular flexibility index (Phi) is 6.24. The van der Waals surface area contributed by atoms with Crippen LogP contribution in [0, 0.1) is 0 Å². The van der Waals surface area contributed by atoms with Crippen LogP contribution in [0.4, 0.5) is 0 Å². The lowest BCUT2D eigenvalue weighted by Gasteiger charge is -2.03. The Bertz CT molecular complexity index is 1110. The third kappa shape index (κ3) is 5.08. The van der Waals surface area contributed by atoms with Crippen molar-refractivity contribution in [1.29, 1.82) is 0 Å². The number of methoxy groups -OCH3 is 1. The van der Waals surface area contributed by atoms with Gasteiger partial charge in [0, 0.05) is 17.2 Å². The lowest BCUT2D eigenvalue weighted by molar-refractivity contribution is -0.134. The number of nitrogens with zero attached hydrogens (tertiary/aromatic N) is 1. The molecule has 0 amide bonds. The van der Waals surface area contributed by atoms with Gasteiger partial charge in [-0.3, -0.25) is 0 Å². The molecule has 3 aromatic carbocycles. The highest BCUT2D eigenvalue weighted by Gasteiger charge is 2.17. The van der Waals surface area contributed by atoms with Crippen LogP contribution in [0.2, 0.25) is 0 Å². The number of carbonyl (C=O) groups excluding carboxylic acids is 1. The molecule has 0 unspecified atom stereocenters. The van der Waals surface area contributed by atoms with Crippen LogP contribution in [0.5, 0.6) is 5.75 Å². The smallest absolute Gasteiger partial charge is 0.330 e. The molecular formula is C26H21NO4. The van der Waals surface area contributed by atoms with Crippen molar-refractivity contribution in [2.75, 3.05) is 7.11 Å². The molecule has 4 aromatic rings. The van der Waals surface area contributed by atoms with Crippen LogP contribution in [0.15, 0.2) is 95.4 Å². The zero-order chi connectivity index (χ0) is 21.5. The van der Waals surface area contributed by atoms with Crippen LogP contribution >= 0.6 is 0 Å². The Morgan fingerprint density at radius 2 is 1.55 bits per heavy atom. The third-order valence-electron chi connectivity index (χ3n) is 4.61. The van der Waals surface area contributed by atoms with Gasteiger partial charge in [-0.25, -0.2) is 9.78 Å². The highest BCUT2D eigenvalue weighted by Crippen LogP contribution is 2.32. The van der Waals surface area contributed by atoms with Crippen molar-refractivity contribution in [3.63, 3.8) is 0 Å². The van der Waals surface area contributed by atoms with Gasteiger partial charge in [-0.05, 0) is 23.8 Å². The Morgan fingerprint density at radius 1 is 0.903 bits per heavy atom. The topological polar surface area (TPSA) is 61.6 Å². The number of benzene rings is 3. The monoisotopic (exact) mass is 411 g/mol. The highest BCUT2D eigenvalue weighted by atomic mass is 16.5. The molecule has 0 saturated heterocycles. The average molecular weight is 411 g/mol. The van der Waals surface area contributed by atoms with E-state index >= 15 is 0 Å². The first kappa shape index (κ1) is 20.2. The van der Waals surface area contributed by atoms with Crippen molar-refractivity contribution in [2.24, 2.45) is 0 Å². The number of hydrogen-bond donors (Lipinski definition) is 0. The SMILES string of the molecule is COC(=O)/C=C/c1ccc(OCc2nc(-c3ccccc3)c(-c3ccccc3)o2)cc1. The summed E-state index contributed by atoms with van der Waals surface area (Å²) in [7, 11) is 1.35. The maximum absolute atomic E-state index is 11.2. The molecule has 154 valence electrons. The van der Waals surface area contributed by atoms with Gasteiger partial charge in [-0.2, -0.15) is 0 Å². The summed E-state index contributed by atoms with van der Waals surface area (Å²) in [6.45, 7) is 0.198. The Labute approximate surface area is 180 Å². The normalized spacial score (nSPS) is 10.9. The molecule has 0 aliphatic rings. The van der Waals surface area contributed by atoms with Crippen molar-refractivity contribution in [1.82, 2.24) is 4.98 Å². The van der Waals surface area contributed by atoms with Gasteiger partial charge in [0.15, 0.2) is 12.4 Å². The number of oxazole rings is 1. The van der Waals surface area contributed by atoms with Crippen molar-refractivity contribution in [2.45, 2.75) is 6.61 Å². The Morgan fingerprint density at radius 3 is 2.19 bits per heavy atom. The second-order valence-corrected chi connectivity index (χ2v) is 6.73. The summed E-state index contributed by atoms with van der Waals surface area (Å²) >= 11 is 0. The Balaban J connectivity index is 1.52. The molecular weight excluding hydrogens is 390 g/mol. The summed E-state index contributed by atoms with van der Waals surface area (Å²) in [6, 6.07) is 27.2. The lowest BCUT2D eigenvalue weighted by atomic mass is 10.1. The summed E-state index contributed by atoms with van der Waals surface area (Å²) in [5.74, 6) is 1.49. The molecule has 1 aromatic heterocycles. The second kappa shape index (κ2) is 9.59. The molecule has 0 bridgehead atoms. The van der Waals surface area contributed by atoms with Crippen molar-refractivity contribution in [3.05, 3.63) is 102 Å². The summed E-state index contributed by atoms with van der Waals surface area (Å²) in [6.07, 6.45) is 3.06. The number of esters is 1. The fourth-order valence-electron chi connectivity index (χ4n) is 3.06. The number of ether oxygens (including phenoxy) is 2. The van der Waals surface area contributed by atoms with E-state index in [4.69, 9.17) is 14.1 Å². The molecule has 5 nitrogen and oxygen atoms in total. The minimum absolute atomic E-state index is 0.198. The van der Waals surface area contributed by atoms with Gasteiger partial charge in [0.25, 0.3) is 0 Å². The van der Waals surface area contributed by atoms with Crippen molar-refractivity contribution in [3.8, 4) is 28.3 Å². The molecule has 0 spiro atoms. The van der Waals surface area contributed by atoms with Crippen LogP contribution in [-0.4, -0.2) is 18.1 Å². The van der Waals surface area contributed by atoms with E-state index < -0.39 is 5.97 Å². The first-order chi connectivity index (χ1) is 15.2. The molecule has 4 rings (SSSR count). The molecule has 1 heterocycles. The van der Waals surface area contributed by atoms with E-state index in [1.165, 1.54) is 13.2 Å². The van der Waals surface area contributed by atoms with Crippen LogP contribution in [0.25, 0.3) is 28.7 Å². The quantitative estimate of drug-likeness (QED) is 0.285. The summed E-state index contributed by atoms with van der Waals surface area (Å²) in [4.78, 5) is 15.9. The fourth-order valence-corrected chi connectivity index (χ4v) is 3.06. The summed E-state index contributed by atoms with van der Waals surface area (Å²) in [5, 5.41) is 0. The number of aromatic nitrogens is 1. The van der Waals surface area contributed by atoms with Gasteiger partial charge < -0.3 is 13.9 Å². The van der Waals surface area contributed by atoms with E-state index in [1.54, 1.807) is 6.08 Å². The predicted octanol–water partition coefficient (Wildman–Crippen LogP) is 5.77. The fraction of sp³-hybridized carbons (Fsp3) is 0.0769. The van der Waals surface area contributed by atoms with Gasteiger partial charge in [0.05, 0.1) is 7.11 Å². The van der Waals surface area contributed by atoms with E-state index in [0.29, 0.717) is 17.4 Å². The summed E-state index contributed by atoms with van der Waals surface area (Å²) in [5.41, 5.74) is 3.60. The van der Waals surface area contributed by atoms with E-state index in [9.17, 15) is 4.79 Å². The first-order valence-electron chi connectivity index (χ1n) is 9.82. The minimum Gasteiger partial charge on any atom is -0.484 e. The number of carbonyl (C=O) groups is 1. The maximum atomic E-state index is 11.2. The zero-order valence-electron chi connectivity index (χ0n) is 17.0. The van der Waals surface area contributed by atoms with E-state index in [0.717, 1.165) is 22.4 Å². The van der Waals surface area contributed by atoms with Crippen LogP contribution in [0.3, 0.4) is 0 Å². The molecule has 0 saturated carbocycles. The third-order valence-corrected chi connectivity index (χ3v) is 4.61. The van der Waals surface area contributed by atoms with Gasteiger partial charge in [0.2, 0.25) is 5.89 Å². The van der Waals surface area contributed by atoms with Gasteiger partial charge in [-0.1, -0.05) is 72.8 Å². The maximum Gasteiger partial charge on any atom is 0.330 e.